The zero-order chi connectivity index (χ0) is 10.7. The molecule has 1 rings (SSSR count). The normalized spacial score (nSPS) is 14.5. The molecule has 1 aromatic rings. The van der Waals surface area contributed by atoms with Gasteiger partial charge in [-0.2, -0.15) is 5.26 Å². The van der Waals surface area contributed by atoms with Crippen LogP contribution in [0.5, 0.6) is 0 Å². The fourth-order valence-electron chi connectivity index (χ4n) is 1.06. The highest BCUT2D eigenvalue weighted by molar-refractivity contribution is 5.21. The Morgan fingerprint density at radius 3 is 2.50 bits per heavy atom. The Hall–Kier alpha value is -1.47. The molecule has 1 N–H and O–H groups in total. The number of rotatable bonds is 2. The lowest BCUT2D eigenvalue weighted by Crippen LogP contribution is -2.07. The number of aliphatic hydroxyl groups excluding tert-OH is 1. The van der Waals surface area contributed by atoms with E-state index in [0.29, 0.717) is 0 Å². The van der Waals surface area contributed by atoms with Gasteiger partial charge in [0.25, 0.3) is 0 Å². The first-order valence-electron chi connectivity index (χ1n) is 4.09. The van der Waals surface area contributed by atoms with Gasteiger partial charge in [-0.25, -0.2) is 8.78 Å². The highest BCUT2D eigenvalue weighted by atomic mass is 19.2. The molecule has 0 saturated carbocycles. The Kier molecular flexibility index (Phi) is 3.15. The van der Waals surface area contributed by atoms with E-state index >= 15 is 0 Å². The number of nitrogens with zero attached hydrogens (tertiary/aromatic N) is 1. The average molecular weight is 197 g/mol. The molecule has 2 nitrogen and oxygen atoms in total. The van der Waals surface area contributed by atoms with Crippen LogP contribution in [0.3, 0.4) is 0 Å². The second-order valence-corrected chi connectivity index (χ2v) is 3.04. The molecule has 0 amide bonds. The van der Waals surface area contributed by atoms with E-state index < -0.39 is 23.7 Å². The quantitative estimate of drug-likeness (QED) is 0.789. The van der Waals surface area contributed by atoms with Crippen molar-refractivity contribution >= 4 is 0 Å². The fraction of sp³-hybridized carbons (Fsp3) is 0.300. The molecule has 2 unspecified atom stereocenters. The predicted octanol–water partition coefficient (Wildman–Crippen LogP) is 2.16. The minimum absolute atomic E-state index is 0.206. The van der Waals surface area contributed by atoms with Crippen LogP contribution in [0, 0.1) is 28.9 Å². The molecule has 0 bridgehead atoms. The van der Waals surface area contributed by atoms with Crippen LogP contribution in [0.4, 0.5) is 8.78 Å². The van der Waals surface area contributed by atoms with E-state index in [1.807, 2.05) is 6.07 Å². The topological polar surface area (TPSA) is 44.0 Å². The molecule has 2 atom stereocenters. The molecule has 0 aliphatic heterocycles. The molecule has 0 radical (unpaired) electrons. The van der Waals surface area contributed by atoms with E-state index in [1.54, 1.807) is 0 Å². The Balaban J connectivity index is 2.98. The molecular weight excluding hydrogens is 188 g/mol. The van der Waals surface area contributed by atoms with E-state index in [2.05, 4.69) is 0 Å². The second-order valence-electron chi connectivity index (χ2n) is 3.04. The summed E-state index contributed by atoms with van der Waals surface area (Å²) in [4.78, 5) is 0. The van der Waals surface area contributed by atoms with Crippen molar-refractivity contribution in [2.75, 3.05) is 0 Å². The van der Waals surface area contributed by atoms with Crippen LogP contribution >= 0.6 is 0 Å². The molecule has 14 heavy (non-hydrogen) atoms. The SMILES string of the molecule is CC(C#N)C(O)c1ccc(F)c(F)c1. The third-order valence-corrected chi connectivity index (χ3v) is 1.96. The molecule has 74 valence electrons. The number of aliphatic hydroxyl groups is 1. The number of hydrogen-bond donors (Lipinski definition) is 1. The number of hydrogen-bond acceptors (Lipinski definition) is 2. The van der Waals surface area contributed by atoms with Gasteiger partial charge in [-0.15, -0.1) is 0 Å². The van der Waals surface area contributed by atoms with Crippen LogP contribution in [0.2, 0.25) is 0 Å². The van der Waals surface area contributed by atoms with Gasteiger partial charge >= 0.3 is 0 Å². The molecule has 0 spiro atoms. The molecule has 0 fully saturated rings. The number of benzene rings is 1. The van der Waals surface area contributed by atoms with Crippen molar-refractivity contribution in [2.45, 2.75) is 13.0 Å². The maximum atomic E-state index is 12.7. The van der Waals surface area contributed by atoms with Crippen molar-refractivity contribution in [1.29, 1.82) is 5.26 Å². The van der Waals surface area contributed by atoms with Gasteiger partial charge in [0.2, 0.25) is 0 Å². The van der Waals surface area contributed by atoms with Crippen LogP contribution in [-0.2, 0) is 0 Å². The van der Waals surface area contributed by atoms with Crippen LogP contribution in [0.1, 0.15) is 18.6 Å². The van der Waals surface area contributed by atoms with Gasteiger partial charge in [-0.05, 0) is 24.6 Å². The minimum Gasteiger partial charge on any atom is -0.387 e. The fourth-order valence-corrected chi connectivity index (χ4v) is 1.06. The largest absolute Gasteiger partial charge is 0.387 e. The maximum absolute atomic E-state index is 12.7. The highest BCUT2D eigenvalue weighted by Gasteiger charge is 2.17. The summed E-state index contributed by atoms with van der Waals surface area (Å²) < 4.78 is 25.3. The van der Waals surface area contributed by atoms with Gasteiger partial charge < -0.3 is 5.11 Å². The molecule has 0 saturated heterocycles. The Morgan fingerprint density at radius 1 is 1.36 bits per heavy atom. The third kappa shape index (κ3) is 2.06. The summed E-state index contributed by atoms with van der Waals surface area (Å²) in [5.74, 6) is -2.64. The summed E-state index contributed by atoms with van der Waals surface area (Å²) in [6, 6.07) is 4.92. The molecule has 0 aliphatic carbocycles. The van der Waals surface area contributed by atoms with Crippen LogP contribution < -0.4 is 0 Å². The molecule has 0 aromatic heterocycles. The number of halogens is 2. The van der Waals surface area contributed by atoms with Crippen molar-refractivity contribution in [1.82, 2.24) is 0 Å². The third-order valence-electron chi connectivity index (χ3n) is 1.96. The monoisotopic (exact) mass is 197 g/mol. The predicted molar refractivity (Wildman–Crippen MR) is 46.1 cm³/mol. The van der Waals surface area contributed by atoms with Crippen molar-refractivity contribution in [3.63, 3.8) is 0 Å². The van der Waals surface area contributed by atoms with E-state index in [4.69, 9.17) is 5.26 Å². The van der Waals surface area contributed by atoms with Crippen molar-refractivity contribution in [2.24, 2.45) is 5.92 Å². The summed E-state index contributed by atoms with van der Waals surface area (Å²) in [6.45, 7) is 1.51. The zero-order valence-electron chi connectivity index (χ0n) is 7.54. The van der Waals surface area contributed by atoms with Crippen molar-refractivity contribution in [3.05, 3.63) is 35.4 Å². The lowest BCUT2D eigenvalue weighted by atomic mass is 9.99. The van der Waals surface area contributed by atoms with Gasteiger partial charge in [0.15, 0.2) is 11.6 Å². The van der Waals surface area contributed by atoms with Gasteiger partial charge in [-0.1, -0.05) is 6.07 Å². The Bertz CT molecular complexity index is 373. The summed E-state index contributed by atoms with van der Waals surface area (Å²) in [6.07, 6.45) is -1.09. The van der Waals surface area contributed by atoms with E-state index in [-0.39, 0.29) is 5.56 Å². The maximum Gasteiger partial charge on any atom is 0.159 e. The first-order valence-corrected chi connectivity index (χ1v) is 4.09. The van der Waals surface area contributed by atoms with Crippen LogP contribution in [0.25, 0.3) is 0 Å². The van der Waals surface area contributed by atoms with Crippen molar-refractivity contribution < 1.29 is 13.9 Å². The van der Waals surface area contributed by atoms with Gasteiger partial charge in [0.05, 0.1) is 18.1 Å². The molecular formula is C10H9F2NO. The first-order chi connectivity index (χ1) is 6.56. The molecule has 4 heteroatoms. The standard InChI is InChI=1S/C10H9F2NO/c1-6(5-13)10(14)7-2-3-8(11)9(12)4-7/h2-4,6,10,14H,1H3. The summed E-state index contributed by atoms with van der Waals surface area (Å²) in [5, 5.41) is 18.0. The van der Waals surface area contributed by atoms with E-state index in [9.17, 15) is 13.9 Å². The molecule has 0 heterocycles. The number of nitriles is 1. The lowest BCUT2D eigenvalue weighted by Gasteiger charge is -2.12. The lowest BCUT2D eigenvalue weighted by molar-refractivity contribution is 0.142. The van der Waals surface area contributed by atoms with Crippen LogP contribution in [0.15, 0.2) is 18.2 Å². The average Bonchev–Trinajstić information content (AvgIpc) is 2.20. The van der Waals surface area contributed by atoms with Gasteiger partial charge in [0.1, 0.15) is 0 Å². The summed E-state index contributed by atoms with van der Waals surface area (Å²) in [5.41, 5.74) is 0.206. The highest BCUT2D eigenvalue weighted by Crippen LogP contribution is 2.22. The van der Waals surface area contributed by atoms with E-state index in [1.165, 1.54) is 13.0 Å². The second kappa shape index (κ2) is 4.16. The summed E-state index contributed by atoms with van der Waals surface area (Å²) in [7, 11) is 0. The van der Waals surface area contributed by atoms with Crippen LogP contribution in [-0.4, -0.2) is 5.11 Å². The van der Waals surface area contributed by atoms with Gasteiger partial charge in [0, 0.05) is 0 Å². The molecule has 1 aromatic carbocycles. The van der Waals surface area contributed by atoms with Gasteiger partial charge in [-0.3, -0.25) is 0 Å². The minimum atomic E-state index is -1.09. The zero-order valence-corrected chi connectivity index (χ0v) is 7.54. The van der Waals surface area contributed by atoms with Crippen molar-refractivity contribution in [3.8, 4) is 6.07 Å². The Morgan fingerprint density at radius 2 is 2.00 bits per heavy atom. The Labute approximate surface area is 80.4 Å². The molecule has 0 aliphatic rings. The first kappa shape index (κ1) is 10.6. The van der Waals surface area contributed by atoms with E-state index in [0.717, 1.165) is 12.1 Å². The summed E-state index contributed by atoms with van der Waals surface area (Å²) >= 11 is 0. The smallest absolute Gasteiger partial charge is 0.159 e.